The van der Waals surface area contributed by atoms with E-state index in [1.54, 1.807) is 18.0 Å². The van der Waals surface area contributed by atoms with Crippen molar-refractivity contribution >= 4 is 23.4 Å². The Labute approximate surface area is 281 Å². The first kappa shape index (κ1) is 36.1. The first-order valence-electron chi connectivity index (χ1n) is 17.6. The molecule has 3 aromatic rings. The van der Waals surface area contributed by atoms with Crippen LogP contribution in [0.1, 0.15) is 132 Å². The monoisotopic (exact) mass is 646 g/mol. The van der Waals surface area contributed by atoms with Crippen molar-refractivity contribution in [1.82, 2.24) is 4.98 Å². The highest BCUT2D eigenvalue weighted by Crippen LogP contribution is 2.39. The number of hydrogen-bond acceptors (Lipinski definition) is 6. The molecule has 0 aliphatic carbocycles. The number of aliphatic hydroxyl groups is 1. The number of pyridine rings is 1. The van der Waals surface area contributed by atoms with Crippen LogP contribution in [0.5, 0.6) is 0 Å². The van der Waals surface area contributed by atoms with Crippen LogP contribution in [0.3, 0.4) is 0 Å². The molecule has 0 radical (unpaired) electrons. The van der Waals surface area contributed by atoms with E-state index in [4.69, 9.17) is 9.47 Å². The standard InChI is InChI=1S/C39H54N2O4S/c1-2-3-4-5-6-7-8-9-10-11-12-13-14-20-37(43)41-34-19-17-18-33(27-34)39-44-35(30-46-38-21-15-16-26-40-38)28-36(45-39)32-24-22-31(29-42)23-25-32/h15-19,21-27,35-36,39,42H,2-14,20,28-30H2,1H3,(H,41,43)/t35-,36+,39?/m0/s1. The SMILES string of the molecule is CCCCCCCCCCCCCCCC(=O)Nc1cccc(C2O[C@H](CSc3ccccn3)C[C@H](c3ccc(CO)cc3)O2)c1. The molecule has 1 fully saturated rings. The molecule has 1 aliphatic rings. The maximum Gasteiger partial charge on any atom is 0.224 e. The van der Waals surface area contributed by atoms with Gasteiger partial charge >= 0.3 is 0 Å². The molecule has 2 N–H and O–H groups in total. The summed E-state index contributed by atoms with van der Waals surface area (Å²) in [6.07, 6.45) is 19.1. The molecule has 46 heavy (non-hydrogen) atoms. The number of hydrogen-bond donors (Lipinski definition) is 2. The Hall–Kier alpha value is -2.71. The fourth-order valence-corrected chi connectivity index (χ4v) is 6.80. The number of aromatic nitrogens is 1. The number of amides is 1. The molecule has 7 heteroatoms. The number of aliphatic hydroxyl groups excluding tert-OH is 1. The van der Waals surface area contributed by atoms with Gasteiger partial charge in [-0.3, -0.25) is 4.79 Å². The zero-order valence-electron chi connectivity index (χ0n) is 27.7. The Kier molecular flexibility index (Phi) is 16.7. The van der Waals surface area contributed by atoms with Crippen molar-refractivity contribution in [1.29, 1.82) is 0 Å². The molecule has 0 bridgehead atoms. The van der Waals surface area contributed by atoms with Gasteiger partial charge in [-0.2, -0.15) is 0 Å². The van der Waals surface area contributed by atoms with E-state index in [-0.39, 0.29) is 24.7 Å². The van der Waals surface area contributed by atoms with Crippen LogP contribution in [-0.4, -0.2) is 27.9 Å². The minimum absolute atomic E-state index is 0.0126. The van der Waals surface area contributed by atoms with Crippen LogP contribution >= 0.6 is 11.8 Å². The highest BCUT2D eigenvalue weighted by atomic mass is 32.2. The van der Waals surface area contributed by atoms with Crippen molar-refractivity contribution in [2.24, 2.45) is 0 Å². The lowest BCUT2D eigenvalue weighted by molar-refractivity contribution is -0.245. The minimum atomic E-state index is -0.566. The van der Waals surface area contributed by atoms with Gasteiger partial charge in [0.15, 0.2) is 6.29 Å². The van der Waals surface area contributed by atoms with Crippen molar-refractivity contribution < 1.29 is 19.4 Å². The summed E-state index contributed by atoms with van der Waals surface area (Å²) < 4.78 is 13.0. The highest BCUT2D eigenvalue weighted by Gasteiger charge is 2.32. The Morgan fingerprint density at radius 1 is 0.826 bits per heavy atom. The summed E-state index contributed by atoms with van der Waals surface area (Å²) in [7, 11) is 0. The molecule has 0 spiro atoms. The zero-order valence-corrected chi connectivity index (χ0v) is 28.5. The number of nitrogens with one attached hydrogen (secondary N) is 1. The normalized spacial score (nSPS) is 18.0. The number of carbonyl (C=O) groups excluding carboxylic acids is 1. The number of nitrogens with zero attached hydrogens (tertiary/aromatic N) is 1. The van der Waals surface area contributed by atoms with Gasteiger partial charge in [-0.15, -0.1) is 11.8 Å². The molecule has 6 nitrogen and oxygen atoms in total. The van der Waals surface area contributed by atoms with Gasteiger partial charge in [-0.1, -0.05) is 126 Å². The van der Waals surface area contributed by atoms with Gasteiger partial charge in [0.25, 0.3) is 0 Å². The smallest absolute Gasteiger partial charge is 0.224 e. The number of ether oxygens (including phenoxy) is 2. The van der Waals surface area contributed by atoms with Crippen molar-refractivity contribution in [3.63, 3.8) is 0 Å². The van der Waals surface area contributed by atoms with Gasteiger partial charge in [0.2, 0.25) is 5.91 Å². The van der Waals surface area contributed by atoms with E-state index in [1.807, 2.05) is 66.7 Å². The molecule has 0 saturated carbocycles. The molecule has 3 atom stereocenters. The van der Waals surface area contributed by atoms with E-state index in [1.165, 1.54) is 70.6 Å². The summed E-state index contributed by atoms with van der Waals surface area (Å²) in [6, 6.07) is 21.7. The van der Waals surface area contributed by atoms with Gasteiger partial charge < -0.3 is 19.9 Å². The van der Waals surface area contributed by atoms with Crippen LogP contribution in [0.15, 0.2) is 78.0 Å². The van der Waals surface area contributed by atoms with Gasteiger partial charge in [0, 0.05) is 36.0 Å². The van der Waals surface area contributed by atoms with E-state index in [0.29, 0.717) is 12.8 Å². The average Bonchev–Trinajstić information content (AvgIpc) is 3.10. The summed E-state index contributed by atoms with van der Waals surface area (Å²) in [5.74, 6) is 0.801. The number of unbranched alkanes of at least 4 members (excludes halogenated alkanes) is 12. The number of carbonyl (C=O) groups is 1. The Morgan fingerprint density at radius 2 is 1.52 bits per heavy atom. The maximum absolute atomic E-state index is 12.8. The molecule has 1 aliphatic heterocycles. The summed E-state index contributed by atoms with van der Waals surface area (Å²) in [5.41, 5.74) is 3.57. The number of anilines is 1. The maximum atomic E-state index is 12.8. The van der Waals surface area contributed by atoms with E-state index in [0.717, 1.165) is 46.0 Å². The second-order valence-electron chi connectivity index (χ2n) is 12.5. The van der Waals surface area contributed by atoms with Gasteiger partial charge in [0.05, 0.1) is 23.8 Å². The number of thioether (sulfide) groups is 1. The largest absolute Gasteiger partial charge is 0.392 e. The van der Waals surface area contributed by atoms with Gasteiger partial charge in [0.1, 0.15) is 0 Å². The second kappa shape index (κ2) is 21.2. The fourth-order valence-electron chi connectivity index (χ4n) is 5.92. The van der Waals surface area contributed by atoms with E-state index in [9.17, 15) is 9.90 Å². The molecular weight excluding hydrogens is 593 g/mol. The Morgan fingerprint density at radius 3 is 2.17 bits per heavy atom. The van der Waals surface area contributed by atoms with Crippen molar-refractivity contribution in [3.05, 3.63) is 89.6 Å². The molecular formula is C39H54N2O4S. The van der Waals surface area contributed by atoms with E-state index >= 15 is 0 Å². The summed E-state index contributed by atoms with van der Waals surface area (Å²) in [6.45, 7) is 2.28. The molecule has 2 aromatic carbocycles. The predicted molar refractivity (Wildman–Crippen MR) is 189 cm³/mol. The van der Waals surface area contributed by atoms with E-state index in [2.05, 4.69) is 17.2 Å². The first-order valence-corrected chi connectivity index (χ1v) is 18.6. The molecule has 1 unspecified atom stereocenters. The molecule has 1 aromatic heterocycles. The summed E-state index contributed by atoms with van der Waals surface area (Å²) in [5, 5.41) is 13.5. The van der Waals surface area contributed by atoms with Crippen LogP contribution in [0.25, 0.3) is 0 Å². The third-order valence-electron chi connectivity index (χ3n) is 8.62. The highest BCUT2D eigenvalue weighted by molar-refractivity contribution is 7.99. The van der Waals surface area contributed by atoms with Crippen molar-refractivity contribution in [3.8, 4) is 0 Å². The van der Waals surface area contributed by atoms with Gasteiger partial charge in [-0.05, 0) is 41.8 Å². The van der Waals surface area contributed by atoms with Crippen LogP contribution in [-0.2, 0) is 20.9 Å². The van der Waals surface area contributed by atoms with Crippen LogP contribution in [0, 0.1) is 0 Å². The van der Waals surface area contributed by atoms with Gasteiger partial charge in [-0.25, -0.2) is 4.98 Å². The van der Waals surface area contributed by atoms with Crippen LogP contribution < -0.4 is 5.32 Å². The molecule has 250 valence electrons. The van der Waals surface area contributed by atoms with Crippen molar-refractivity contribution in [2.75, 3.05) is 11.1 Å². The number of benzene rings is 2. The lowest BCUT2D eigenvalue weighted by Gasteiger charge is -2.36. The van der Waals surface area contributed by atoms with Crippen LogP contribution in [0.2, 0.25) is 0 Å². The summed E-state index contributed by atoms with van der Waals surface area (Å²) >= 11 is 1.68. The second-order valence-corrected chi connectivity index (χ2v) is 13.5. The topological polar surface area (TPSA) is 80.7 Å². The zero-order chi connectivity index (χ0) is 32.2. The predicted octanol–water partition coefficient (Wildman–Crippen LogP) is 10.3. The average molecular weight is 647 g/mol. The Balaban J connectivity index is 1.22. The summed E-state index contributed by atoms with van der Waals surface area (Å²) in [4.78, 5) is 17.2. The molecule has 1 saturated heterocycles. The molecule has 2 heterocycles. The molecule has 4 rings (SSSR count). The molecule has 1 amide bonds. The number of rotatable bonds is 21. The fraction of sp³-hybridized carbons (Fsp3) is 0.538. The first-order chi connectivity index (χ1) is 22.6. The van der Waals surface area contributed by atoms with Crippen molar-refractivity contribution in [2.45, 2.75) is 133 Å². The minimum Gasteiger partial charge on any atom is -0.392 e. The lowest BCUT2D eigenvalue weighted by atomic mass is 10.0. The quantitative estimate of drug-likeness (QED) is 0.0885. The van der Waals surface area contributed by atoms with Crippen LogP contribution in [0.4, 0.5) is 5.69 Å². The van der Waals surface area contributed by atoms with E-state index < -0.39 is 6.29 Å². The third kappa shape index (κ3) is 13.2. The Bertz CT molecular complexity index is 1260. The lowest BCUT2D eigenvalue weighted by Crippen LogP contribution is -2.31. The third-order valence-corrected chi connectivity index (χ3v) is 9.70.